The van der Waals surface area contributed by atoms with Gasteiger partial charge in [0.05, 0.1) is 0 Å². The average molecular weight is 511 g/mol. The quantitative estimate of drug-likeness (QED) is 0.171. The average Bonchev–Trinajstić information content (AvgIpc) is 2.69. The number of carbonyl (C=O) groups excluding carboxylic acids is 1. The van der Waals surface area contributed by atoms with Gasteiger partial charge in [0.15, 0.2) is 5.96 Å². The van der Waals surface area contributed by atoms with Gasteiger partial charge in [-0.05, 0) is 31.6 Å². The lowest BCUT2D eigenvalue weighted by atomic mass is 9.93. The third-order valence-corrected chi connectivity index (χ3v) is 5.27. The minimum Gasteiger partial charge on any atom is -0.381 e. The molecule has 0 atom stereocenters. The highest BCUT2D eigenvalue weighted by Crippen LogP contribution is 2.20. The van der Waals surface area contributed by atoms with E-state index in [1.54, 1.807) is 7.05 Å². The topological polar surface area (TPSA) is 66.0 Å². The number of nitrogens with zero attached hydrogens (tertiary/aromatic N) is 2. The van der Waals surface area contributed by atoms with Crippen molar-refractivity contribution in [3.05, 3.63) is 0 Å². The fraction of sp³-hybridized carbons (Fsp3) is 0.905. The van der Waals surface area contributed by atoms with Crippen LogP contribution in [0.1, 0.15) is 71.1 Å². The van der Waals surface area contributed by atoms with Crippen molar-refractivity contribution in [1.29, 1.82) is 0 Å². The van der Waals surface area contributed by atoms with Gasteiger partial charge in [-0.1, -0.05) is 39.0 Å². The molecular formula is C21H43IN4O2. The summed E-state index contributed by atoms with van der Waals surface area (Å²) in [5.41, 5.74) is 0. The zero-order chi connectivity index (χ0) is 19.7. The first kappa shape index (κ1) is 27.4. The first-order valence-electron chi connectivity index (χ1n) is 10.9. The largest absolute Gasteiger partial charge is 0.381 e. The number of likely N-dealkylation sites (tertiary alicyclic amines) is 1. The summed E-state index contributed by atoms with van der Waals surface area (Å²) < 4.78 is 5.73. The number of unbranched alkanes of at least 4 members (excludes halogenated alkanes) is 5. The highest BCUT2D eigenvalue weighted by atomic mass is 127. The highest BCUT2D eigenvalue weighted by Gasteiger charge is 2.22. The van der Waals surface area contributed by atoms with Crippen molar-refractivity contribution in [3.8, 4) is 0 Å². The summed E-state index contributed by atoms with van der Waals surface area (Å²) in [7, 11) is 3.55. The van der Waals surface area contributed by atoms with Crippen LogP contribution in [0.5, 0.6) is 0 Å². The zero-order valence-corrected chi connectivity index (χ0v) is 20.6. The SMILES string of the molecule is CCCCCCCCOCCCNC(=NC)N1CCC(CC(=O)NC)CC1.I. The summed E-state index contributed by atoms with van der Waals surface area (Å²) in [4.78, 5) is 18.2. The number of ether oxygens (including phenoxy) is 1. The van der Waals surface area contributed by atoms with Crippen LogP contribution in [0.2, 0.25) is 0 Å². The standard InChI is InChI=1S/C21H42N4O2.HI/c1-4-5-6-7-8-9-16-27-17-10-13-24-21(23-3)25-14-11-19(12-15-25)18-20(26)22-2;/h19H,4-18H2,1-3H3,(H,22,26)(H,23,24);1H. The maximum Gasteiger partial charge on any atom is 0.220 e. The lowest BCUT2D eigenvalue weighted by Gasteiger charge is -2.34. The second kappa shape index (κ2) is 18.5. The van der Waals surface area contributed by atoms with Gasteiger partial charge in [-0.25, -0.2) is 0 Å². The summed E-state index contributed by atoms with van der Waals surface area (Å²) in [6, 6.07) is 0. The van der Waals surface area contributed by atoms with Gasteiger partial charge in [0.25, 0.3) is 0 Å². The number of hydrogen-bond donors (Lipinski definition) is 2. The number of amides is 1. The molecule has 0 radical (unpaired) electrons. The number of rotatable bonds is 13. The molecule has 0 saturated carbocycles. The van der Waals surface area contributed by atoms with Crippen LogP contribution in [0.4, 0.5) is 0 Å². The normalized spacial score (nSPS) is 15.2. The van der Waals surface area contributed by atoms with E-state index in [0.717, 1.165) is 58.1 Å². The number of hydrogen-bond acceptors (Lipinski definition) is 3. The second-order valence-corrected chi connectivity index (χ2v) is 7.52. The van der Waals surface area contributed by atoms with E-state index in [4.69, 9.17) is 4.74 Å². The highest BCUT2D eigenvalue weighted by molar-refractivity contribution is 14.0. The molecule has 7 heteroatoms. The van der Waals surface area contributed by atoms with Crippen LogP contribution in [0.15, 0.2) is 4.99 Å². The molecule has 166 valence electrons. The molecule has 1 saturated heterocycles. The first-order chi connectivity index (χ1) is 13.2. The van der Waals surface area contributed by atoms with Crippen LogP contribution in [0.3, 0.4) is 0 Å². The van der Waals surface area contributed by atoms with Gasteiger partial charge in [0, 0.05) is 53.4 Å². The predicted octanol–water partition coefficient (Wildman–Crippen LogP) is 3.80. The van der Waals surface area contributed by atoms with Crippen LogP contribution in [-0.2, 0) is 9.53 Å². The maximum absolute atomic E-state index is 11.5. The second-order valence-electron chi connectivity index (χ2n) is 7.52. The minimum atomic E-state index is 0. The lowest BCUT2D eigenvalue weighted by molar-refractivity contribution is -0.121. The van der Waals surface area contributed by atoms with Gasteiger partial charge in [0.2, 0.25) is 5.91 Å². The Kier molecular flexibility index (Phi) is 18.1. The van der Waals surface area contributed by atoms with Crippen LogP contribution >= 0.6 is 24.0 Å². The van der Waals surface area contributed by atoms with Gasteiger partial charge in [0.1, 0.15) is 0 Å². The fourth-order valence-electron chi connectivity index (χ4n) is 3.51. The van der Waals surface area contributed by atoms with Crippen molar-refractivity contribution >= 4 is 35.8 Å². The van der Waals surface area contributed by atoms with Crippen molar-refractivity contribution in [1.82, 2.24) is 15.5 Å². The van der Waals surface area contributed by atoms with E-state index in [1.165, 1.54) is 38.5 Å². The number of aliphatic imine (C=N–C) groups is 1. The van der Waals surface area contributed by atoms with Gasteiger partial charge < -0.3 is 20.3 Å². The number of nitrogens with one attached hydrogen (secondary N) is 2. The van der Waals surface area contributed by atoms with Crippen molar-refractivity contribution in [2.45, 2.75) is 71.1 Å². The maximum atomic E-state index is 11.5. The van der Waals surface area contributed by atoms with Crippen LogP contribution < -0.4 is 10.6 Å². The third kappa shape index (κ3) is 12.8. The predicted molar refractivity (Wildman–Crippen MR) is 129 cm³/mol. The number of guanidine groups is 1. The van der Waals surface area contributed by atoms with E-state index in [0.29, 0.717) is 12.3 Å². The van der Waals surface area contributed by atoms with Crippen LogP contribution in [0.25, 0.3) is 0 Å². The molecule has 0 aliphatic carbocycles. The van der Waals surface area contributed by atoms with Crippen molar-refractivity contribution in [2.24, 2.45) is 10.9 Å². The smallest absolute Gasteiger partial charge is 0.220 e. The Morgan fingerprint density at radius 2 is 1.71 bits per heavy atom. The molecule has 1 rings (SSSR count). The molecule has 1 amide bonds. The first-order valence-corrected chi connectivity index (χ1v) is 10.9. The lowest BCUT2D eigenvalue weighted by Crippen LogP contribution is -2.46. The number of halogens is 1. The Morgan fingerprint density at radius 3 is 2.36 bits per heavy atom. The molecule has 6 nitrogen and oxygen atoms in total. The Balaban J connectivity index is 0.00000729. The molecule has 0 aromatic carbocycles. The van der Waals surface area contributed by atoms with E-state index >= 15 is 0 Å². The van der Waals surface area contributed by atoms with Gasteiger partial charge >= 0.3 is 0 Å². The molecule has 0 unspecified atom stereocenters. The van der Waals surface area contributed by atoms with Crippen molar-refractivity contribution in [2.75, 3.05) is 46.9 Å². The van der Waals surface area contributed by atoms with Gasteiger partial charge in [-0.3, -0.25) is 9.79 Å². The summed E-state index contributed by atoms with van der Waals surface area (Å²) in [5.74, 6) is 1.62. The van der Waals surface area contributed by atoms with E-state index in [-0.39, 0.29) is 29.9 Å². The van der Waals surface area contributed by atoms with E-state index in [1.807, 2.05) is 7.05 Å². The minimum absolute atomic E-state index is 0. The molecule has 1 fully saturated rings. The fourth-order valence-corrected chi connectivity index (χ4v) is 3.51. The molecule has 0 aromatic heterocycles. The molecule has 1 aliphatic rings. The third-order valence-electron chi connectivity index (χ3n) is 5.27. The Labute approximate surface area is 189 Å². The number of carbonyl (C=O) groups is 1. The Morgan fingerprint density at radius 1 is 1.07 bits per heavy atom. The molecule has 28 heavy (non-hydrogen) atoms. The Hall–Kier alpha value is -0.570. The summed E-state index contributed by atoms with van der Waals surface area (Å²) in [6.07, 6.45) is 11.6. The Bertz CT molecular complexity index is 413. The molecule has 2 N–H and O–H groups in total. The number of piperidine rings is 1. The molecule has 0 spiro atoms. The molecule has 1 aliphatic heterocycles. The van der Waals surface area contributed by atoms with Crippen LogP contribution in [0, 0.1) is 5.92 Å². The van der Waals surface area contributed by atoms with Gasteiger partial charge in [-0.15, -0.1) is 24.0 Å². The van der Waals surface area contributed by atoms with E-state index < -0.39 is 0 Å². The monoisotopic (exact) mass is 510 g/mol. The molecular weight excluding hydrogens is 467 g/mol. The van der Waals surface area contributed by atoms with Gasteiger partial charge in [-0.2, -0.15) is 0 Å². The molecule has 0 bridgehead atoms. The summed E-state index contributed by atoms with van der Waals surface area (Å²) in [5, 5.41) is 6.17. The molecule has 0 aromatic rings. The van der Waals surface area contributed by atoms with E-state index in [2.05, 4.69) is 27.4 Å². The van der Waals surface area contributed by atoms with Crippen LogP contribution in [-0.4, -0.2) is 63.7 Å². The van der Waals surface area contributed by atoms with Crippen molar-refractivity contribution < 1.29 is 9.53 Å². The summed E-state index contributed by atoms with van der Waals surface area (Å²) in [6.45, 7) is 6.78. The molecule has 1 heterocycles. The van der Waals surface area contributed by atoms with Crippen molar-refractivity contribution in [3.63, 3.8) is 0 Å². The zero-order valence-electron chi connectivity index (χ0n) is 18.3. The van der Waals surface area contributed by atoms with E-state index in [9.17, 15) is 4.79 Å². The summed E-state index contributed by atoms with van der Waals surface area (Å²) >= 11 is 0.